The second-order valence-corrected chi connectivity index (χ2v) is 4.83. The van der Waals surface area contributed by atoms with Gasteiger partial charge >= 0.3 is 12.0 Å². The van der Waals surface area contributed by atoms with Gasteiger partial charge in [0.05, 0.1) is 0 Å². The van der Waals surface area contributed by atoms with Crippen molar-refractivity contribution in [3.05, 3.63) is 35.9 Å². The number of urea groups is 1. The van der Waals surface area contributed by atoms with Crippen molar-refractivity contribution in [3.63, 3.8) is 0 Å². The summed E-state index contributed by atoms with van der Waals surface area (Å²) in [6.45, 7) is 4.46. The van der Waals surface area contributed by atoms with Gasteiger partial charge < -0.3 is 15.7 Å². The molecule has 1 rings (SSSR count). The summed E-state index contributed by atoms with van der Waals surface area (Å²) in [6.07, 6.45) is 0.269. The maximum atomic E-state index is 11.6. The fourth-order valence-corrected chi connectivity index (χ4v) is 1.56. The lowest BCUT2D eigenvalue weighted by Crippen LogP contribution is -2.47. The van der Waals surface area contributed by atoms with E-state index in [1.54, 1.807) is 0 Å². The van der Waals surface area contributed by atoms with Crippen LogP contribution in [0, 0.1) is 5.92 Å². The molecular weight excluding hydrogens is 244 g/mol. The van der Waals surface area contributed by atoms with Gasteiger partial charge in [-0.15, -0.1) is 0 Å². The summed E-state index contributed by atoms with van der Waals surface area (Å²) in [5.74, 6) is -0.716. The Morgan fingerprint density at radius 1 is 1.21 bits per heavy atom. The summed E-state index contributed by atoms with van der Waals surface area (Å²) in [4.78, 5) is 22.7. The quantitative estimate of drug-likeness (QED) is 0.731. The van der Waals surface area contributed by atoms with Crippen molar-refractivity contribution in [3.8, 4) is 0 Å². The molecule has 0 spiro atoms. The molecular formula is C14H20N2O3. The van der Waals surface area contributed by atoms with E-state index in [0.29, 0.717) is 12.5 Å². The maximum Gasteiger partial charge on any atom is 0.326 e. The first-order valence-electron chi connectivity index (χ1n) is 6.30. The van der Waals surface area contributed by atoms with Gasteiger partial charge in [0, 0.05) is 13.0 Å². The fraction of sp³-hybridized carbons (Fsp3) is 0.429. The van der Waals surface area contributed by atoms with Crippen LogP contribution in [0.15, 0.2) is 30.3 Å². The van der Waals surface area contributed by atoms with Crippen LogP contribution in [0.25, 0.3) is 0 Å². The van der Waals surface area contributed by atoms with Crippen LogP contribution in [-0.2, 0) is 11.2 Å². The van der Waals surface area contributed by atoms with Crippen molar-refractivity contribution in [1.82, 2.24) is 10.6 Å². The van der Waals surface area contributed by atoms with Gasteiger partial charge in [-0.3, -0.25) is 0 Å². The van der Waals surface area contributed by atoms with Crippen molar-refractivity contribution in [2.75, 3.05) is 6.54 Å². The molecule has 3 N–H and O–H groups in total. The van der Waals surface area contributed by atoms with E-state index in [0.717, 1.165) is 5.56 Å². The van der Waals surface area contributed by atoms with Crippen LogP contribution in [0.2, 0.25) is 0 Å². The van der Waals surface area contributed by atoms with Crippen molar-refractivity contribution >= 4 is 12.0 Å². The number of aliphatic carboxylic acids is 1. The number of carboxylic acid groups (broad SMARTS) is 1. The highest BCUT2D eigenvalue weighted by molar-refractivity contribution is 5.82. The lowest BCUT2D eigenvalue weighted by molar-refractivity contribution is -0.139. The second kappa shape index (κ2) is 7.41. The number of carbonyl (C=O) groups is 2. The van der Waals surface area contributed by atoms with Crippen molar-refractivity contribution in [2.45, 2.75) is 26.3 Å². The van der Waals surface area contributed by atoms with Crippen LogP contribution in [0.5, 0.6) is 0 Å². The minimum absolute atomic E-state index is 0.269. The number of hydrogen-bond donors (Lipinski definition) is 3. The largest absolute Gasteiger partial charge is 0.480 e. The van der Waals surface area contributed by atoms with E-state index in [9.17, 15) is 9.59 Å². The molecule has 0 bridgehead atoms. The van der Waals surface area contributed by atoms with Gasteiger partial charge in [0.2, 0.25) is 0 Å². The monoisotopic (exact) mass is 264 g/mol. The van der Waals surface area contributed by atoms with E-state index in [2.05, 4.69) is 10.6 Å². The highest BCUT2D eigenvalue weighted by atomic mass is 16.4. The second-order valence-electron chi connectivity index (χ2n) is 4.83. The molecule has 0 aliphatic rings. The number of rotatable bonds is 6. The van der Waals surface area contributed by atoms with E-state index in [-0.39, 0.29) is 6.42 Å². The van der Waals surface area contributed by atoms with Crippen molar-refractivity contribution in [1.29, 1.82) is 0 Å². The highest BCUT2D eigenvalue weighted by Crippen LogP contribution is 2.03. The summed E-state index contributed by atoms with van der Waals surface area (Å²) in [5.41, 5.74) is 0.874. The first-order chi connectivity index (χ1) is 8.99. The van der Waals surface area contributed by atoms with Crippen LogP contribution in [0.3, 0.4) is 0 Å². The SMILES string of the molecule is CC(C)CNC(=O)N[C@@H](Cc1ccccc1)C(=O)O. The third kappa shape index (κ3) is 5.90. The molecule has 5 heteroatoms. The number of hydrogen-bond acceptors (Lipinski definition) is 2. The fourth-order valence-electron chi connectivity index (χ4n) is 1.56. The predicted molar refractivity (Wildman–Crippen MR) is 72.9 cm³/mol. The minimum atomic E-state index is -1.04. The number of carboxylic acids is 1. The summed E-state index contributed by atoms with van der Waals surface area (Å²) in [5, 5.41) is 14.2. The molecule has 0 unspecified atom stereocenters. The van der Waals surface area contributed by atoms with Crippen LogP contribution in [-0.4, -0.2) is 29.7 Å². The number of carbonyl (C=O) groups excluding carboxylic acids is 1. The van der Waals surface area contributed by atoms with Crippen LogP contribution < -0.4 is 10.6 Å². The number of nitrogens with one attached hydrogen (secondary N) is 2. The molecule has 1 aromatic carbocycles. The van der Waals surface area contributed by atoms with Crippen molar-refractivity contribution in [2.24, 2.45) is 5.92 Å². The lowest BCUT2D eigenvalue weighted by atomic mass is 10.1. The number of benzene rings is 1. The Balaban J connectivity index is 2.54. The number of amides is 2. The molecule has 0 radical (unpaired) electrons. The molecule has 2 amide bonds. The Morgan fingerprint density at radius 2 is 1.84 bits per heavy atom. The Labute approximate surface area is 113 Å². The molecule has 0 aromatic heterocycles. The van der Waals surface area contributed by atoms with Crippen LogP contribution >= 0.6 is 0 Å². The molecule has 0 aliphatic heterocycles. The van der Waals surface area contributed by atoms with Crippen LogP contribution in [0.1, 0.15) is 19.4 Å². The summed E-state index contributed by atoms with van der Waals surface area (Å²) >= 11 is 0. The Kier molecular flexibility index (Phi) is 5.85. The Bertz CT molecular complexity index is 418. The van der Waals surface area contributed by atoms with E-state index in [4.69, 9.17) is 5.11 Å². The zero-order valence-electron chi connectivity index (χ0n) is 11.2. The van der Waals surface area contributed by atoms with Gasteiger partial charge in [-0.2, -0.15) is 0 Å². The van der Waals surface area contributed by atoms with E-state index in [1.165, 1.54) is 0 Å². The molecule has 5 nitrogen and oxygen atoms in total. The standard InChI is InChI=1S/C14H20N2O3/c1-10(2)9-15-14(19)16-12(13(17)18)8-11-6-4-3-5-7-11/h3-7,10,12H,8-9H2,1-2H3,(H,17,18)(H2,15,16,19)/t12-/m0/s1. The van der Waals surface area contributed by atoms with Crippen molar-refractivity contribution < 1.29 is 14.7 Å². The minimum Gasteiger partial charge on any atom is -0.480 e. The Hall–Kier alpha value is -2.04. The van der Waals surface area contributed by atoms with Gasteiger partial charge in [0.25, 0.3) is 0 Å². The molecule has 19 heavy (non-hydrogen) atoms. The summed E-state index contributed by atoms with van der Waals surface area (Å²) in [6, 6.07) is 7.85. The third-order valence-corrected chi connectivity index (χ3v) is 2.56. The predicted octanol–water partition coefficient (Wildman–Crippen LogP) is 1.64. The molecule has 104 valence electrons. The average molecular weight is 264 g/mol. The highest BCUT2D eigenvalue weighted by Gasteiger charge is 2.20. The lowest BCUT2D eigenvalue weighted by Gasteiger charge is -2.16. The van der Waals surface area contributed by atoms with Gasteiger partial charge in [-0.05, 0) is 11.5 Å². The normalized spacial score (nSPS) is 11.9. The molecule has 0 saturated heterocycles. The van der Waals surface area contributed by atoms with Gasteiger partial charge in [0.15, 0.2) is 0 Å². The van der Waals surface area contributed by atoms with Gasteiger partial charge in [0.1, 0.15) is 6.04 Å². The van der Waals surface area contributed by atoms with Gasteiger partial charge in [-0.25, -0.2) is 9.59 Å². The first-order valence-corrected chi connectivity index (χ1v) is 6.30. The van der Waals surface area contributed by atoms with E-state index in [1.807, 2.05) is 44.2 Å². The van der Waals surface area contributed by atoms with Crippen LogP contribution in [0.4, 0.5) is 4.79 Å². The molecule has 0 saturated carbocycles. The maximum absolute atomic E-state index is 11.6. The topological polar surface area (TPSA) is 78.4 Å². The molecule has 1 aromatic rings. The first kappa shape index (κ1) is 15.0. The summed E-state index contributed by atoms with van der Waals surface area (Å²) in [7, 11) is 0. The van der Waals surface area contributed by atoms with E-state index >= 15 is 0 Å². The molecule has 0 aliphatic carbocycles. The smallest absolute Gasteiger partial charge is 0.326 e. The zero-order valence-corrected chi connectivity index (χ0v) is 11.2. The van der Waals surface area contributed by atoms with E-state index < -0.39 is 18.0 Å². The van der Waals surface area contributed by atoms with Gasteiger partial charge in [-0.1, -0.05) is 44.2 Å². The summed E-state index contributed by atoms with van der Waals surface area (Å²) < 4.78 is 0. The average Bonchev–Trinajstić information content (AvgIpc) is 2.36. The molecule has 1 atom stereocenters. The Morgan fingerprint density at radius 3 is 2.37 bits per heavy atom. The molecule has 0 heterocycles. The zero-order chi connectivity index (χ0) is 14.3. The molecule has 0 fully saturated rings. The third-order valence-electron chi connectivity index (χ3n) is 2.56.